The van der Waals surface area contributed by atoms with Gasteiger partial charge in [-0.3, -0.25) is 14.5 Å². The Kier molecular flexibility index (Phi) is 3.49. The lowest BCUT2D eigenvalue weighted by atomic mass is 9.76. The van der Waals surface area contributed by atoms with Gasteiger partial charge in [0.1, 0.15) is 5.69 Å². The number of aromatic nitrogens is 2. The van der Waals surface area contributed by atoms with E-state index in [2.05, 4.69) is 16.5 Å². The molecule has 3 atom stereocenters. The van der Waals surface area contributed by atoms with E-state index in [4.69, 9.17) is 0 Å². The average Bonchev–Trinajstić information content (AvgIpc) is 3.16. The predicted octanol–water partition coefficient (Wildman–Crippen LogP) is 3.13. The zero-order valence-corrected chi connectivity index (χ0v) is 13.6. The number of hydrogen-bond acceptors (Lipinski definition) is 5. The first-order valence-corrected chi connectivity index (χ1v) is 8.74. The molecule has 4 rings (SSSR count). The summed E-state index contributed by atoms with van der Waals surface area (Å²) in [6.07, 6.45) is 2.69. The Balaban J connectivity index is 1.62. The van der Waals surface area contributed by atoms with Crippen molar-refractivity contribution in [2.24, 2.45) is 17.8 Å². The highest BCUT2D eigenvalue weighted by Crippen LogP contribution is 2.42. The number of carbonyl (C=O) groups is 2. The van der Waals surface area contributed by atoms with Crippen LogP contribution in [0.4, 0.5) is 5.69 Å². The fourth-order valence-electron chi connectivity index (χ4n) is 3.72. The first-order valence-electron chi connectivity index (χ1n) is 7.90. The van der Waals surface area contributed by atoms with Gasteiger partial charge in [-0.2, -0.15) is 0 Å². The summed E-state index contributed by atoms with van der Waals surface area (Å²) in [5, 5.41) is 5.90. The molecule has 1 aromatic heterocycles. The topological polar surface area (TPSA) is 63.2 Å². The quantitative estimate of drug-likeness (QED) is 0.795. The number of carbonyl (C=O) groups excluding carboxylic acids is 2. The maximum absolute atomic E-state index is 12.7. The van der Waals surface area contributed by atoms with Crippen molar-refractivity contribution >= 4 is 29.0 Å². The largest absolute Gasteiger partial charge is 0.274 e. The molecule has 23 heavy (non-hydrogen) atoms. The second kappa shape index (κ2) is 5.53. The third-order valence-corrected chi connectivity index (χ3v) is 5.47. The number of hydrogen-bond donors (Lipinski definition) is 0. The monoisotopic (exact) mass is 327 g/mol. The van der Waals surface area contributed by atoms with Gasteiger partial charge in [0.05, 0.1) is 17.5 Å². The molecule has 6 heteroatoms. The van der Waals surface area contributed by atoms with E-state index in [-0.39, 0.29) is 23.7 Å². The molecule has 2 heterocycles. The summed E-state index contributed by atoms with van der Waals surface area (Å²) < 4.78 is 3.85. The second-order valence-corrected chi connectivity index (χ2v) is 7.09. The van der Waals surface area contributed by atoms with Crippen LogP contribution in [0, 0.1) is 17.8 Å². The van der Waals surface area contributed by atoms with Gasteiger partial charge in [0.15, 0.2) is 0 Å². The van der Waals surface area contributed by atoms with E-state index in [1.165, 1.54) is 16.4 Å². The van der Waals surface area contributed by atoms with E-state index in [1.807, 2.05) is 29.6 Å². The van der Waals surface area contributed by atoms with Crippen LogP contribution < -0.4 is 4.90 Å². The van der Waals surface area contributed by atoms with Crippen LogP contribution in [-0.4, -0.2) is 21.4 Å². The van der Waals surface area contributed by atoms with Crippen LogP contribution >= 0.6 is 11.5 Å². The molecule has 1 saturated carbocycles. The molecular formula is C17H17N3O2S. The molecule has 0 unspecified atom stereocenters. The van der Waals surface area contributed by atoms with Crippen LogP contribution in [-0.2, 0) is 9.59 Å². The average molecular weight is 327 g/mol. The SMILES string of the molecule is C[C@@H]1CC[C@@H]2C(=O)N(c3ccc(-c4csnn4)cc3)C(=O)[C@@H]2C1. The van der Waals surface area contributed by atoms with Crippen LogP contribution in [0.3, 0.4) is 0 Å². The number of nitrogens with zero attached hydrogens (tertiary/aromatic N) is 3. The van der Waals surface area contributed by atoms with Gasteiger partial charge in [-0.25, -0.2) is 0 Å². The zero-order chi connectivity index (χ0) is 16.0. The minimum absolute atomic E-state index is 0.0324. The van der Waals surface area contributed by atoms with E-state index < -0.39 is 0 Å². The zero-order valence-electron chi connectivity index (χ0n) is 12.8. The summed E-state index contributed by atoms with van der Waals surface area (Å²) >= 11 is 1.30. The van der Waals surface area contributed by atoms with Crippen molar-refractivity contribution in [2.45, 2.75) is 26.2 Å². The molecule has 0 spiro atoms. The van der Waals surface area contributed by atoms with Gasteiger partial charge >= 0.3 is 0 Å². The third kappa shape index (κ3) is 2.37. The Hall–Kier alpha value is -2.08. The smallest absolute Gasteiger partial charge is 0.237 e. The molecule has 0 radical (unpaired) electrons. The molecule has 118 valence electrons. The summed E-state index contributed by atoms with van der Waals surface area (Å²) in [5.41, 5.74) is 2.41. The highest BCUT2D eigenvalue weighted by atomic mass is 32.1. The molecule has 2 aliphatic rings. The molecular weight excluding hydrogens is 310 g/mol. The van der Waals surface area contributed by atoms with Gasteiger partial charge in [0.2, 0.25) is 11.8 Å². The van der Waals surface area contributed by atoms with Crippen LogP contribution in [0.25, 0.3) is 11.3 Å². The van der Waals surface area contributed by atoms with Crippen molar-refractivity contribution in [3.8, 4) is 11.3 Å². The molecule has 1 saturated heterocycles. The predicted molar refractivity (Wildman–Crippen MR) is 87.8 cm³/mol. The van der Waals surface area contributed by atoms with Crippen molar-refractivity contribution in [3.63, 3.8) is 0 Å². The fraction of sp³-hybridized carbons (Fsp3) is 0.412. The van der Waals surface area contributed by atoms with Crippen LogP contribution in [0.2, 0.25) is 0 Å². The Labute approximate surface area is 138 Å². The second-order valence-electron chi connectivity index (χ2n) is 6.48. The number of imide groups is 1. The van der Waals surface area contributed by atoms with Gasteiger partial charge in [-0.05, 0) is 48.8 Å². The molecule has 2 amide bonds. The van der Waals surface area contributed by atoms with Crippen LogP contribution in [0.15, 0.2) is 29.6 Å². The van der Waals surface area contributed by atoms with Crippen molar-refractivity contribution in [1.29, 1.82) is 0 Å². The Bertz CT molecular complexity index is 742. The Morgan fingerprint density at radius 1 is 1.09 bits per heavy atom. The summed E-state index contributed by atoms with van der Waals surface area (Å²) in [6, 6.07) is 7.42. The normalized spacial score (nSPS) is 27.3. The molecule has 5 nitrogen and oxygen atoms in total. The van der Waals surface area contributed by atoms with Gasteiger partial charge in [-0.15, -0.1) is 5.10 Å². The summed E-state index contributed by atoms with van der Waals surface area (Å²) in [5.74, 6) is 0.201. The maximum Gasteiger partial charge on any atom is 0.237 e. The van der Waals surface area contributed by atoms with E-state index in [9.17, 15) is 9.59 Å². The lowest BCUT2D eigenvalue weighted by Gasteiger charge is -2.25. The minimum atomic E-state index is -0.131. The van der Waals surface area contributed by atoms with Crippen molar-refractivity contribution in [1.82, 2.24) is 9.59 Å². The maximum atomic E-state index is 12.7. The third-order valence-electron chi connectivity index (χ3n) is 4.97. The van der Waals surface area contributed by atoms with E-state index >= 15 is 0 Å². The number of anilines is 1. The number of amides is 2. The number of fused-ring (bicyclic) bond motifs is 1. The summed E-state index contributed by atoms with van der Waals surface area (Å²) in [7, 11) is 0. The van der Waals surface area contributed by atoms with Gasteiger partial charge in [0, 0.05) is 10.9 Å². The van der Waals surface area contributed by atoms with Crippen LogP contribution in [0.1, 0.15) is 26.2 Å². The molecule has 1 aliphatic carbocycles. The molecule has 0 N–H and O–H groups in total. The van der Waals surface area contributed by atoms with Gasteiger partial charge in [0.25, 0.3) is 0 Å². The highest BCUT2D eigenvalue weighted by molar-refractivity contribution is 7.03. The number of rotatable bonds is 2. The lowest BCUT2D eigenvalue weighted by molar-refractivity contribution is -0.122. The van der Waals surface area contributed by atoms with Crippen LogP contribution in [0.5, 0.6) is 0 Å². The van der Waals surface area contributed by atoms with E-state index in [0.29, 0.717) is 11.6 Å². The highest BCUT2D eigenvalue weighted by Gasteiger charge is 2.49. The molecule has 2 aromatic rings. The number of benzene rings is 1. The Morgan fingerprint density at radius 3 is 2.52 bits per heavy atom. The van der Waals surface area contributed by atoms with E-state index in [1.54, 1.807) is 0 Å². The van der Waals surface area contributed by atoms with Gasteiger partial charge in [-0.1, -0.05) is 23.5 Å². The molecule has 2 fully saturated rings. The summed E-state index contributed by atoms with van der Waals surface area (Å²) in [6.45, 7) is 2.16. The minimum Gasteiger partial charge on any atom is -0.274 e. The lowest BCUT2D eigenvalue weighted by Crippen LogP contribution is -2.30. The van der Waals surface area contributed by atoms with Crippen molar-refractivity contribution in [2.75, 3.05) is 4.90 Å². The van der Waals surface area contributed by atoms with E-state index in [0.717, 1.165) is 30.5 Å². The molecule has 1 aliphatic heterocycles. The fourth-order valence-corrected chi connectivity index (χ4v) is 4.18. The first-order chi connectivity index (χ1) is 11.1. The molecule has 1 aromatic carbocycles. The summed E-state index contributed by atoms with van der Waals surface area (Å²) in [4.78, 5) is 26.7. The van der Waals surface area contributed by atoms with Gasteiger partial charge < -0.3 is 0 Å². The van der Waals surface area contributed by atoms with Crippen molar-refractivity contribution in [3.05, 3.63) is 29.6 Å². The Morgan fingerprint density at radius 2 is 1.83 bits per heavy atom. The first kappa shape index (κ1) is 14.5. The molecule has 0 bridgehead atoms. The van der Waals surface area contributed by atoms with Crippen molar-refractivity contribution < 1.29 is 9.59 Å². The standard InChI is InChI=1S/C17H17N3O2S/c1-10-2-7-13-14(8-10)17(22)20(16(13)21)12-5-3-11(4-6-12)15-9-23-19-18-15/h3-6,9-10,13-14H,2,7-8H2,1H3/t10-,13+,14-/m1/s1.